The lowest BCUT2D eigenvalue weighted by Gasteiger charge is -2.26. The van der Waals surface area contributed by atoms with Crippen molar-refractivity contribution in [2.24, 2.45) is 0 Å². The molecule has 1 aromatic heterocycles. The molecule has 0 aliphatic rings. The van der Waals surface area contributed by atoms with Crippen LogP contribution in [0.25, 0.3) is 0 Å². The molecular weight excluding hydrogens is 316 g/mol. The van der Waals surface area contributed by atoms with Crippen molar-refractivity contribution < 1.29 is 9.47 Å². The predicted octanol–water partition coefficient (Wildman–Crippen LogP) is 3.24. The van der Waals surface area contributed by atoms with Gasteiger partial charge >= 0.3 is 0 Å². The maximum absolute atomic E-state index is 8.99. The zero-order valence-corrected chi connectivity index (χ0v) is 14.1. The molecule has 1 heterocycles. The van der Waals surface area contributed by atoms with Crippen molar-refractivity contribution in [1.82, 2.24) is 9.66 Å². The number of rotatable bonds is 6. The van der Waals surface area contributed by atoms with Gasteiger partial charge in [-0.2, -0.15) is 5.26 Å². The smallest absolute Gasteiger partial charge is 0.161 e. The second-order valence-electron chi connectivity index (χ2n) is 5.35. The molecule has 25 heavy (non-hydrogen) atoms. The van der Waals surface area contributed by atoms with Crippen LogP contribution in [0.1, 0.15) is 11.1 Å². The van der Waals surface area contributed by atoms with Crippen molar-refractivity contribution in [2.45, 2.75) is 6.54 Å². The van der Waals surface area contributed by atoms with Crippen molar-refractivity contribution in [3.63, 3.8) is 0 Å². The summed E-state index contributed by atoms with van der Waals surface area (Å²) in [6.45, 7) is 0.600. The van der Waals surface area contributed by atoms with Crippen molar-refractivity contribution in [2.75, 3.05) is 19.2 Å². The van der Waals surface area contributed by atoms with Crippen LogP contribution in [0, 0.1) is 11.3 Å². The van der Waals surface area contributed by atoms with Crippen LogP contribution in [0.3, 0.4) is 0 Å². The Hall–Kier alpha value is -3.46. The third-order valence-corrected chi connectivity index (χ3v) is 3.84. The number of aromatic nitrogens is 2. The van der Waals surface area contributed by atoms with Gasteiger partial charge in [-0.15, -0.1) is 0 Å². The molecule has 126 valence electrons. The number of benzene rings is 2. The summed E-state index contributed by atoms with van der Waals surface area (Å²) in [6.07, 6.45) is 5.34. The quantitative estimate of drug-likeness (QED) is 0.692. The van der Waals surface area contributed by atoms with Crippen LogP contribution in [0.4, 0.5) is 5.69 Å². The van der Waals surface area contributed by atoms with Gasteiger partial charge in [-0.25, -0.2) is 9.66 Å². The van der Waals surface area contributed by atoms with Crippen molar-refractivity contribution in [1.29, 1.82) is 5.26 Å². The third-order valence-electron chi connectivity index (χ3n) is 3.84. The number of methoxy groups -OCH3 is 2. The van der Waals surface area contributed by atoms with Gasteiger partial charge in [0.25, 0.3) is 0 Å². The SMILES string of the molecule is COc1ccc(CN(c2ccc(C#N)cc2)n2ccnc2)cc1OC. The average Bonchev–Trinajstić information content (AvgIpc) is 3.20. The molecule has 0 fully saturated rings. The molecular formula is C19H18N4O2. The summed E-state index contributed by atoms with van der Waals surface area (Å²) in [5.74, 6) is 1.38. The summed E-state index contributed by atoms with van der Waals surface area (Å²) in [5.41, 5.74) is 2.63. The Labute approximate surface area is 146 Å². The summed E-state index contributed by atoms with van der Waals surface area (Å²) >= 11 is 0. The average molecular weight is 334 g/mol. The number of hydrogen-bond donors (Lipinski definition) is 0. The first-order chi connectivity index (χ1) is 12.2. The molecule has 0 aliphatic heterocycles. The van der Waals surface area contributed by atoms with Gasteiger partial charge in [0.1, 0.15) is 6.33 Å². The normalized spacial score (nSPS) is 10.1. The molecule has 0 amide bonds. The minimum atomic E-state index is 0.600. The highest BCUT2D eigenvalue weighted by atomic mass is 16.5. The van der Waals surface area contributed by atoms with Crippen LogP contribution < -0.4 is 14.5 Å². The fraction of sp³-hybridized carbons (Fsp3) is 0.158. The van der Waals surface area contributed by atoms with Crippen LogP contribution in [0.15, 0.2) is 61.2 Å². The first-order valence-electron chi connectivity index (χ1n) is 7.72. The maximum Gasteiger partial charge on any atom is 0.161 e. The van der Waals surface area contributed by atoms with Crippen LogP contribution in [-0.2, 0) is 6.54 Å². The summed E-state index contributed by atoms with van der Waals surface area (Å²) in [4.78, 5) is 4.13. The zero-order chi connectivity index (χ0) is 17.6. The van der Waals surface area contributed by atoms with Gasteiger partial charge in [-0.3, -0.25) is 5.01 Å². The summed E-state index contributed by atoms with van der Waals surface area (Å²) in [7, 11) is 3.24. The summed E-state index contributed by atoms with van der Waals surface area (Å²) < 4.78 is 12.6. The number of nitriles is 1. The van der Waals surface area contributed by atoms with E-state index in [1.807, 2.05) is 41.2 Å². The molecule has 0 N–H and O–H groups in total. The molecule has 6 nitrogen and oxygen atoms in total. The Kier molecular flexibility index (Phi) is 4.86. The van der Waals surface area contributed by atoms with Gasteiger partial charge in [0.15, 0.2) is 11.5 Å². The van der Waals surface area contributed by atoms with Crippen LogP contribution in [0.5, 0.6) is 11.5 Å². The van der Waals surface area contributed by atoms with E-state index in [0.717, 1.165) is 11.3 Å². The van der Waals surface area contributed by atoms with E-state index < -0.39 is 0 Å². The molecule has 0 saturated heterocycles. The molecule has 3 rings (SSSR count). The van der Waals surface area contributed by atoms with E-state index in [1.165, 1.54) is 0 Å². The largest absolute Gasteiger partial charge is 0.493 e. The highest BCUT2D eigenvalue weighted by molar-refractivity contribution is 5.51. The third kappa shape index (κ3) is 3.56. The molecule has 3 aromatic rings. The van der Waals surface area contributed by atoms with E-state index in [4.69, 9.17) is 14.7 Å². The summed E-state index contributed by atoms with van der Waals surface area (Å²) in [5, 5.41) is 11.0. The Balaban J connectivity index is 1.94. The molecule has 0 unspecified atom stereocenters. The van der Waals surface area contributed by atoms with E-state index in [9.17, 15) is 0 Å². The van der Waals surface area contributed by atoms with Crippen molar-refractivity contribution in [3.05, 3.63) is 72.3 Å². The Morgan fingerprint density at radius 1 is 1.08 bits per heavy atom. The minimum absolute atomic E-state index is 0.600. The van der Waals surface area contributed by atoms with Gasteiger partial charge < -0.3 is 9.47 Å². The van der Waals surface area contributed by atoms with Gasteiger partial charge in [-0.05, 0) is 42.0 Å². The van der Waals surface area contributed by atoms with Crippen LogP contribution in [-0.4, -0.2) is 23.9 Å². The van der Waals surface area contributed by atoms with Crippen LogP contribution >= 0.6 is 0 Å². The molecule has 2 aromatic carbocycles. The first-order valence-corrected chi connectivity index (χ1v) is 7.72. The fourth-order valence-corrected chi connectivity index (χ4v) is 2.56. The number of ether oxygens (including phenoxy) is 2. The Morgan fingerprint density at radius 2 is 1.84 bits per heavy atom. The molecule has 0 atom stereocenters. The molecule has 0 aliphatic carbocycles. The molecule has 6 heteroatoms. The molecule has 0 spiro atoms. The van der Waals surface area contributed by atoms with Crippen molar-refractivity contribution in [3.8, 4) is 17.6 Å². The zero-order valence-electron chi connectivity index (χ0n) is 14.1. The Bertz CT molecular complexity index is 867. The molecule has 0 radical (unpaired) electrons. The van der Waals surface area contributed by atoms with Crippen LogP contribution in [0.2, 0.25) is 0 Å². The predicted molar refractivity (Wildman–Crippen MR) is 94.5 cm³/mol. The first kappa shape index (κ1) is 16.4. The lowest BCUT2D eigenvalue weighted by Crippen LogP contribution is -2.27. The van der Waals surface area contributed by atoms with Gasteiger partial charge in [-0.1, -0.05) is 6.07 Å². The Morgan fingerprint density at radius 3 is 2.44 bits per heavy atom. The standard InChI is InChI=1S/C19H18N4O2/c1-24-18-8-5-16(11-19(18)25-2)13-23(22-10-9-21-14-22)17-6-3-15(12-20)4-7-17/h3-11,14H,13H2,1-2H3. The highest BCUT2D eigenvalue weighted by Gasteiger charge is 2.12. The van der Waals surface area contributed by atoms with Crippen molar-refractivity contribution >= 4 is 5.69 Å². The van der Waals surface area contributed by atoms with Gasteiger partial charge in [0.05, 0.1) is 38.1 Å². The van der Waals surface area contributed by atoms with E-state index in [-0.39, 0.29) is 0 Å². The molecule has 0 saturated carbocycles. The van der Waals surface area contributed by atoms with E-state index in [0.29, 0.717) is 23.6 Å². The number of hydrogen-bond acceptors (Lipinski definition) is 5. The monoisotopic (exact) mass is 334 g/mol. The molecule has 0 bridgehead atoms. The van der Waals surface area contributed by atoms with E-state index in [2.05, 4.69) is 16.1 Å². The second kappa shape index (κ2) is 7.41. The maximum atomic E-state index is 8.99. The van der Waals surface area contributed by atoms with E-state index in [1.54, 1.807) is 38.9 Å². The fourth-order valence-electron chi connectivity index (χ4n) is 2.56. The van der Waals surface area contributed by atoms with Gasteiger partial charge in [0.2, 0.25) is 0 Å². The topological polar surface area (TPSA) is 63.3 Å². The second-order valence-corrected chi connectivity index (χ2v) is 5.35. The number of anilines is 1. The van der Waals surface area contributed by atoms with E-state index >= 15 is 0 Å². The number of nitrogens with zero attached hydrogens (tertiary/aromatic N) is 4. The number of imidazole rings is 1. The lowest BCUT2D eigenvalue weighted by molar-refractivity contribution is 0.354. The summed E-state index contributed by atoms with van der Waals surface area (Å²) in [6, 6.07) is 15.4. The van der Waals surface area contributed by atoms with Gasteiger partial charge in [0, 0.05) is 12.4 Å². The lowest BCUT2D eigenvalue weighted by atomic mass is 10.1. The minimum Gasteiger partial charge on any atom is -0.493 e. The highest BCUT2D eigenvalue weighted by Crippen LogP contribution is 2.29.